The van der Waals surface area contributed by atoms with E-state index in [-0.39, 0.29) is 24.3 Å². The molecule has 16 heavy (non-hydrogen) atoms. The Bertz CT molecular complexity index is 381. The number of halogens is 2. The van der Waals surface area contributed by atoms with Gasteiger partial charge in [-0.3, -0.25) is 21.7 Å². The molecule has 0 unspecified atom stereocenters. The third kappa shape index (κ3) is 5.28. The lowest BCUT2D eigenvalue weighted by Gasteiger charge is -2.10. The third-order valence-electron chi connectivity index (χ3n) is 1.42. The first kappa shape index (κ1) is 14.3. The molecule has 6 nitrogen and oxygen atoms in total. The summed E-state index contributed by atoms with van der Waals surface area (Å²) in [5.74, 6) is -0.305. The molecular weight excluding hydrogens is 251 g/mol. The van der Waals surface area contributed by atoms with E-state index in [1.54, 1.807) is 24.3 Å². The maximum Gasteiger partial charge on any atom is 0.212 e. The lowest BCUT2D eigenvalue weighted by atomic mass is 10.3. The number of anilines is 1. The molecular formula is C8H12Cl2N6. The number of hydrogen-bond acceptors (Lipinski definition) is 2. The first-order chi connectivity index (χ1) is 7.08. The van der Waals surface area contributed by atoms with Crippen LogP contribution < -0.4 is 21.9 Å². The van der Waals surface area contributed by atoms with Gasteiger partial charge in [0.1, 0.15) is 0 Å². The van der Waals surface area contributed by atoms with Gasteiger partial charge in [-0.05, 0) is 18.2 Å². The van der Waals surface area contributed by atoms with Gasteiger partial charge < -0.3 is 11.1 Å². The molecule has 0 heterocycles. The molecule has 0 aliphatic rings. The summed E-state index contributed by atoms with van der Waals surface area (Å²) in [6.45, 7) is 0. The average molecular weight is 263 g/mol. The van der Waals surface area contributed by atoms with Crippen molar-refractivity contribution in [2.75, 3.05) is 5.32 Å². The number of hydrogen-bond donors (Lipinski definition) is 6. The molecule has 1 rings (SSSR count). The second kappa shape index (κ2) is 6.76. The second-order valence-corrected chi connectivity index (χ2v) is 3.11. The number of benzene rings is 1. The van der Waals surface area contributed by atoms with E-state index in [0.717, 1.165) is 0 Å². The monoisotopic (exact) mass is 262 g/mol. The van der Waals surface area contributed by atoms with Gasteiger partial charge in [0.15, 0.2) is 0 Å². The zero-order chi connectivity index (χ0) is 11.3. The Morgan fingerprint density at radius 2 is 1.94 bits per heavy atom. The van der Waals surface area contributed by atoms with Gasteiger partial charge in [0, 0.05) is 10.7 Å². The molecule has 0 bridgehead atoms. The molecule has 0 aliphatic carbocycles. The summed E-state index contributed by atoms with van der Waals surface area (Å²) < 4.78 is 0. The van der Waals surface area contributed by atoms with Crippen molar-refractivity contribution in [2.45, 2.75) is 0 Å². The summed E-state index contributed by atoms with van der Waals surface area (Å²) in [5.41, 5.74) is 10.3. The molecule has 88 valence electrons. The number of nitrogens with two attached hydrogens (primary N) is 1. The standard InChI is InChI=1S/C8H11ClN6.ClH/c9-5-2-1-3-6(4-5)13-8(12)15-14-7(10)11;/h1-4H,(H4,10,11,14)(H3,12,13,15);1H. The first-order valence-electron chi connectivity index (χ1n) is 4.05. The molecule has 0 saturated carbocycles. The van der Waals surface area contributed by atoms with Crippen molar-refractivity contribution >= 4 is 41.6 Å². The molecule has 7 N–H and O–H groups in total. The van der Waals surface area contributed by atoms with E-state index < -0.39 is 0 Å². The summed E-state index contributed by atoms with van der Waals surface area (Å²) >= 11 is 5.76. The van der Waals surface area contributed by atoms with Crippen molar-refractivity contribution in [3.05, 3.63) is 29.3 Å². The van der Waals surface area contributed by atoms with Crippen LogP contribution in [-0.2, 0) is 0 Å². The van der Waals surface area contributed by atoms with Gasteiger partial charge in [-0.25, -0.2) is 0 Å². The molecule has 0 amide bonds. The summed E-state index contributed by atoms with van der Waals surface area (Å²) in [5, 5.41) is 17.6. The minimum Gasteiger partial charge on any atom is -0.369 e. The molecule has 0 saturated heterocycles. The highest BCUT2D eigenvalue weighted by Crippen LogP contribution is 2.14. The molecule has 0 aromatic heterocycles. The van der Waals surface area contributed by atoms with Crippen LogP contribution in [-0.4, -0.2) is 11.9 Å². The fraction of sp³-hybridized carbons (Fsp3) is 0. The Hall–Kier alpha value is -1.66. The van der Waals surface area contributed by atoms with Crippen LogP contribution in [0.4, 0.5) is 5.69 Å². The van der Waals surface area contributed by atoms with Crippen molar-refractivity contribution in [1.82, 2.24) is 10.9 Å². The highest BCUT2D eigenvalue weighted by Gasteiger charge is 1.97. The number of hydrazine groups is 1. The van der Waals surface area contributed by atoms with Crippen molar-refractivity contribution < 1.29 is 0 Å². The normalized spacial score (nSPS) is 8.56. The summed E-state index contributed by atoms with van der Waals surface area (Å²) in [4.78, 5) is 0. The van der Waals surface area contributed by atoms with Gasteiger partial charge in [-0.15, -0.1) is 12.4 Å². The Labute approximate surface area is 104 Å². The van der Waals surface area contributed by atoms with Crippen LogP contribution in [0.3, 0.4) is 0 Å². The van der Waals surface area contributed by atoms with Crippen LogP contribution in [0.5, 0.6) is 0 Å². The first-order valence-corrected chi connectivity index (χ1v) is 4.43. The Morgan fingerprint density at radius 1 is 1.25 bits per heavy atom. The van der Waals surface area contributed by atoms with E-state index in [2.05, 4.69) is 16.2 Å². The second-order valence-electron chi connectivity index (χ2n) is 2.67. The topological polar surface area (TPSA) is 110 Å². The van der Waals surface area contributed by atoms with Gasteiger partial charge >= 0.3 is 0 Å². The molecule has 0 spiro atoms. The minimum atomic E-state index is -0.271. The van der Waals surface area contributed by atoms with E-state index in [0.29, 0.717) is 10.7 Å². The zero-order valence-electron chi connectivity index (χ0n) is 8.17. The van der Waals surface area contributed by atoms with E-state index in [4.69, 9.17) is 28.2 Å². The third-order valence-corrected chi connectivity index (χ3v) is 1.65. The summed E-state index contributed by atoms with van der Waals surface area (Å²) in [6.07, 6.45) is 0. The number of nitrogens with one attached hydrogen (secondary N) is 5. The van der Waals surface area contributed by atoms with E-state index in [1.807, 2.05) is 0 Å². The predicted octanol–water partition coefficient (Wildman–Crippen LogP) is 1.10. The SMILES string of the molecule is Cl.N=C(N)NNC(=N)Nc1cccc(Cl)c1. The van der Waals surface area contributed by atoms with Crippen LogP contribution in [0.25, 0.3) is 0 Å². The molecule has 0 aliphatic heterocycles. The maximum atomic E-state index is 7.41. The fourth-order valence-corrected chi connectivity index (χ4v) is 1.06. The maximum absolute atomic E-state index is 7.41. The van der Waals surface area contributed by atoms with Crippen LogP contribution in [0.15, 0.2) is 24.3 Å². The van der Waals surface area contributed by atoms with E-state index in [9.17, 15) is 0 Å². The van der Waals surface area contributed by atoms with Crippen LogP contribution >= 0.6 is 24.0 Å². The lowest BCUT2D eigenvalue weighted by molar-refractivity contribution is 0.839. The highest BCUT2D eigenvalue weighted by atomic mass is 35.5. The largest absolute Gasteiger partial charge is 0.369 e. The fourth-order valence-electron chi connectivity index (χ4n) is 0.872. The molecule has 8 heteroatoms. The quantitative estimate of drug-likeness (QED) is 0.259. The van der Waals surface area contributed by atoms with Crippen LogP contribution in [0.2, 0.25) is 5.02 Å². The average Bonchev–Trinajstić information content (AvgIpc) is 2.15. The van der Waals surface area contributed by atoms with Gasteiger partial charge in [0.25, 0.3) is 0 Å². The minimum absolute atomic E-state index is 0. The number of guanidine groups is 2. The molecule has 0 fully saturated rings. The van der Waals surface area contributed by atoms with Gasteiger partial charge in [0.05, 0.1) is 0 Å². The van der Waals surface area contributed by atoms with Crippen molar-refractivity contribution in [1.29, 1.82) is 10.8 Å². The van der Waals surface area contributed by atoms with E-state index in [1.165, 1.54) is 0 Å². The number of rotatable bonds is 1. The van der Waals surface area contributed by atoms with Crippen molar-refractivity contribution in [3.63, 3.8) is 0 Å². The van der Waals surface area contributed by atoms with E-state index >= 15 is 0 Å². The lowest BCUT2D eigenvalue weighted by Crippen LogP contribution is -2.47. The van der Waals surface area contributed by atoms with Crippen molar-refractivity contribution in [2.24, 2.45) is 5.73 Å². The van der Waals surface area contributed by atoms with Gasteiger partial charge in [-0.2, -0.15) is 0 Å². The molecule has 1 aromatic carbocycles. The summed E-state index contributed by atoms with van der Waals surface area (Å²) in [7, 11) is 0. The summed E-state index contributed by atoms with van der Waals surface area (Å²) in [6, 6.07) is 6.93. The predicted molar refractivity (Wildman–Crippen MR) is 68.2 cm³/mol. The highest BCUT2D eigenvalue weighted by molar-refractivity contribution is 6.30. The zero-order valence-corrected chi connectivity index (χ0v) is 9.75. The Morgan fingerprint density at radius 3 is 2.50 bits per heavy atom. The molecule has 0 radical (unpaired) electrons. The van der Waals surface area contributed by atoms with Crippen LogP contribution in [0, 0.1) is 10.8 Å². The van der Waals surface area contributed by atoms with Gasteiger partial charge in [-0.1, -0.05) is 17.7 Å². The van der Waals surface area contributed by atoms with Crippen molar-refractivity contribution in [3.8, 4) is 0 Å². The Kier molecular flexibility index (Phi) is 6.06. The molecule has 1 aromatic rings. The van der Waals surface area contributed by atoms with Crippen LogP contribution in [0.1, 0.15) is 0 Å². The smallest absolute Gasteiger partial charge is 0.212 e. The van der Waals surface area contributed by atoms with Gasteiger partial charge in [0.2, 0.25) is 11.9 Å². The Balaban J connectivity index is 0.00000225. The molecule has 0 atom stereocenters.